The van der Waals surface area contributed by atoms with Crippen LogP contribution < -0.4 is 0 Å². The van der Waals surface area contributed by atoms with Crippen molar-refractivity contribution in [2.24, 2.45) is 0 Å². The van der Waals surface area contributed by atoms with Gasteiger partial charge in [0, 0.05) is 36.7 Å². The summed E-state index contributed by atoms with van der Waals surface area (Å²) in [5, 5.41) is 6.02. The Kier molecular flexibility index (Phi) is 7.04. The SMILES string of the molecule is c1ccc(-c2nc(-c3cccc(-c4cccc5c4sc4ccccc45)c3)nc3c2oc2ccc(-c4cccc(-c5ccc6ccccc6c5)c4)cc23)cc1. The van der Waals surface area contributed by atoms with Crippen molar-refractivity contribution in [1.29, 1.82) is 0 Å². The number of hydrogen-bond acceptors (Lipinski definition) is 4. The van der Waals surface area contributed by atoms with Crippen molar-refractivity contribution in [3.05, 3.63) is 182 Å². The van der Waals surface area contributed by atoms with E-state index in [2.05, 4.69) is 164 Å². The molecule has 4 heteroatoms. The van der Waals surface area contributed by atoms with Crippen molar-refractivity contribution in [3.63, 3.8) is 0 Å². The molecule has 3 heterocycles. The lowest BCUT2D eigenvalue weighted by Gasteiger charge is -2.09. The molecule has 0 N–H and O–H groups in total. The van der Waals surface area contributed by atoms with Gasteiger partial charge in [0.2, 0.25) is 0 Å². The van der Waals surface area contributed by atoms with E-state index in [1.807, 2.05) is 29.5 Å². The maximum atomic E-state index is 6.60. The predicted molar refractivity (Wildman–Crippen MR) is 227 cm³/mol. The van der Waals surface area contributed by atoms with Crippen LogP contribution in [-0.2, 0) is 0 Å². The molecule has 11 rings (SSSR count). The molecule has 0 saturated carbocycles. The Balaban J connectivity index is 1.06. The summed E-state index contributed by atoms with van der Waals surface area (Å²) in [6.45, 7) is 0. The zero-order chi connectivity index (χ0) is 35.6. The van der Waals surface area contributed by atoms with Gasteiger partial charge in [-0.1, -0.05) is 146 Å². The molecule has 0 aliphatic carbocycles. The van der Waals surface area contributed by atoms with E-state index >= 15 is 0 Å². The molecule has 0 aliphatic heterocycles. The molecule has 0 saturated heterocycles. The number of aromatic nitrogens is 2. The van der Waals surface area contributed by atoms with Crippen molar-refractivity contribution in [2.75, 3.05) is 0 Å². The smallest absolute Gasteiger partial charge is 0.180 e. The van der Waals surface area contributed by atoms with Gasteiger partial charge in [0.1, 0.15) is 16.8 Å². The summed E-state index contributed by atoms with van der Waals surface area (Å²) in [6, 6.07) is 64.5. The van der Waals surface area contributed by atoms with Crippen LogP contribution in [0.5, 0.6) is 0 Å². The minimum absolute atomic E-state index is 0.665. The first kappa shape index (κ1) is 30.7. The predicted octanol–water partition coefficient (Wildman–Crippen LogP) is 14.2. The van der Waals surface area contributed by atoms with Crippen LogP contribution in [0, 0.1) is 0 Å². The highest BCUT2D eigenvalue weighted by atomic mass is 32.1. The third-order valence-electron chi connectivity index (χ3n) is 10.5. The van der Waals surface area contributed by atoms with Gasteiger partial charge in [-0.05, 0) is 80.6 Å². The number of rotatable bonds is 5. The molecule has 0 atom stereocenters. The Morgan fingerprint density at radius 3 is 1.94 bits per heavy atom. The maximum absolute atomic E-state index is 6.60. The summed E-state index contributed by atoms with van der Waals surface area (Å²) < 4.78 is 9.18. The number of thiophene rings is 1. The molecule has 8 aromatic carbocycles. The van der Waals surface area contributed by atoms with Gasteiger partial charge < -0.3 is 4.42 Å². The summed E-state index contributed by atoms with van der Waals surface area (Å²) >= 11 is 1.84. The summed E-state index contributed by atoms with van der Waals surface area (Å²) in [6.07, 6.45) is 0. The lowest BCUT2D eigenvalue weighted by atomic mass is 9.97. The van der Waals surface area contributed by atoms with Crippen molar-refractivity contribution < 1.29 is 4.42 Å². The Bertz CT molecular complexity index is 3230. The molecule has 0 radical (unpaired) electrons. The first-order valence-corrected chi connectivity index (χ1v) is 19.0. The molecule has 0 unspecified atom stereocenters. The number of hydrogen-bond donors (Lipinski definition) is 0. The van der Waals surface area contributed by atoms with Gasteiger partial charge in [-0.3, -0.25) is 0 Å². The largest absolute Gasteiger partial charge is 0.452 e. The minimum Gasteiger partial charge on any atom is -0.452 e. The van der Waals surface area contributed by atoms with Gasteiger partial charge in [0.25, 0.3) is 0 Å². The molecule has 0 bridgehead atoms. The molecule has 0 aliphatic rings. The second-order valence-corrected chi connectivity index (χ2v) is 14.8. The number of benzene rings is 8. The molecule has 54 heavy (non-hydrogen) atoms. The van der Waals surface area contributed by atoms with Crippen LogP contribution in [0.4, 0.5) is 0 Å². The van der Waals surface area contributed by atoms with E-state index in [4.69, 9.17) is 14.4 Å². The van der Waals surface area contributed by atoms with Crippen LogP contribution in [0.1, 0.15) is 0 Å². The van der Waals surface area contributed by atoms with Crippen LogP contribution >= 0.6 is 11.3 Å². The van der Waals surface area contributed by atoms with Crippen LogP contribution in [0.2, 0.25) is 0 Å². The second kappa shape index (κ2) is 12.4. The molecule has 0 fully saturated rings. The van der Waals surface area contributed by atoms with E-state index in [-0.39, 0.29) is 0 Å². The first-order chi connectivity index (χ1) is 26.7. The summed E-state index contributed by atoms with van der Waals surface area (Å²) in [7, 11) is 0. The van der Waals surface area contributed by atoms with E-state index < -0.39 is 0 Å². The fourth-order valence-electron chi connectivity index (χ4n) is 7.79. The number of fused-ring (bicyclic) bond motifs is 7. The fraction of sp³-hybridized carbons (Fsp3) is 0. The van der Waals surface area contributed by atoms with Gasteiger partial charge in [-0.25, -0.2) is 9.97 Å². The Morgan fingerprint density at radius 2 is 1.06 bits per heavy atom. The standard InChI is InChI=1S/C50H30N2OS/c1-2-12-32(13-3-1)46-48-47(52-50(51-46)39-18-9-17-38(29-39)40-20-10-21-42-41-19-6-7-22-45(41)54-49(40)42)43-30-37(25-26-44(43)53-48)35-16-8-15-34(28-35)36-24-23-31-11-4-5-14-33(31)27-36/h1-30H. The Labute approximate surface area is 315 Å². The van der Waals surface area contributed by atoms with Crippen LogP contribution in [0.15, 0.2) is 186 Å². The average molecular weight is 707 g/mol. The van der Waals surface area contributed by atoms with Crippen LogP contribution in [0.25, 0.3) is 109 Å². The number of furan rings is 1. The summed E-state index contributed by atoms with van der Waals surface area (Å²) in [4.78, 5) is 10.5. The molecule has 0 amide bonds. The maximum Gasteiger partial charge on any atom is 0.180 e. The van der Waals surface area contributed by atoms with Crippen molar-refractivity contribution >= 4 is 64.4 Å². The topological polar surface area (TPSA) is 38.9 Å². The third-order valence-corrected chi connectivity index (χ3v) is 11.7. The Morgan fingerprint density at radius 1 is 0.407 bits per heavy atom. The quantitative estimate of drug-likeness (QED) is 0.179. The molecule has 3 nitrogen and oxygen atoms in total. The molecule has 252 valence electrons. The monoisotopic (exact) mass is 706 g/mol. The Hall–Kier alpha value is -6.88. The van der Waals surface area contributed by atoms with Gasteiger partial charge in [-0.2, -0.15) is 0 Å². The van der Waals surface area contributed by atoms with E-state index in [0.717, 1.165) is 50.0 Å². The normalized spacial score (nSPS) is 11.7. The first-order valence-electron chi connectivity index (χ1n) is 18.1. The fourth-order valence-corrected chi connectivity index (χ4v) is 9.03. The number of nitrogens with zero attached hydrogens (tertiary/aromatic N) is 2. The van der Waals surface area contributed by atoms with Gasteiger partial charge in [0.15, 0.2) is 11.4 Å². The van der Waals surface area contributed by atoms with Gasteiger partial charge >= 0.3 is 0 Å². The zero-order valence-electron chi connectivity index (χ0n) is 29.0. The molecule has 0 spiro atoms. The second-order valence-electron chi connectivity index (χ2n) is 13.8. The highest BCUT2D eigenvalue weighted by Gasteiger charge is 2.20. The minimum atomic E-state index is 0.665. The molecular formula is C50H30N2OS. The van der Waals surface area contributed by atoms with Gasteiger partial charge in [-0.15, -0.1) is 11.3 Å². The highest BCUT2D eigenvalue weighted by molar-refractivity contribution is 7.26. The van der Waals surface area contributed by atoms with Crippen molar-refractivity contribution in [3.8, 4) is 56.0 Å². The van der Waals surface area contributed by atoms with E-state index in [1.54, 1.807) is 0 Å². The molecular weight excluding hydrogens is 677 g/mol. The van der Waals surface area contributed by atoms with E-state index in [9.17, 15) is 0 Å². The lowest BCUT2D eigenvalue weighted by molar-refractivity contribution is 0.667. The van der Waals surface area contributed by atoms with E-state index in [1.165, 1.54) is 47.6 Å². The van der Waals surface area contributed by atoms with Gasteiger partial charge in [0.05, 0.1) is 0 Å². The lowest BCUT2D eigenvalue weighted by Crippen LogP contribution is -1.94. The van der Waals surface area contributed by atoms with Crippen molar-refractivity contribution in [1.82, 2.24) is 9.97 Å². The summed E-state index contributed by atoms with van der Waals surface area (Å²) in [5.74, 6) is 0.665. The third kappa shape index (κ3) is 5.11. The van der Waals surface area contributed by atoms with E-state index in [0.29, 0.717) is 11.4 Å². The highest BCUT2D eigenvalue weighted by Crippen LogP contribution is 2.42. The van der Waals surface area contributed by atoms with Crippen LogP contribution in [-0.4, -0.2) is 9.97 Å². The molecule has 11 aromatic rings. The zero-order valence-corrected chi connectivity index (χ0v) is 29.8. The van der Waals surface area contributed by atoms with Crippen LogP contribution in [0.3, 0.4) is 0 Å². The van der Waals surface area contributed by atoms with Crippen molar-refractivity contribution in [2.45, 2.75) is 0 Å². The summed E-state index contributed by atoms with van der Waals surface area (Å²) in [5.41, 5.74) is 12.0. The molecule has 3 aromatic heterocycles. The average Bonchev–Trinajstić information content (AvgIpc) is 3.82.